The highest BCUT2D eigenvalue weighted by Crippen LogP contribution is 2.28. The van der Waals surface area contributed by atoms with Gasteiger partial charge in [0.1, 0.15) is 0 Å². The van der Waals surface area contributed by atoms with Crippen LogP contribution in [0.1, 0.15) is 32.0 Å². The molecular weight excluding hydrogens is 350 g/mol. The van der Waals surface area contributed by atoms with Crippen LogP contribution in [0, 0.1) is 0 Å². The van der Waals surface area contributed by atoms with E-state index in [4.69, 9.17) is 4.52 Å². The van der Waals surface area contributed by atoms with Gasteiger partial charge in [0, 0.05) is 21.8 Å². The molecule has 1 atom stereocenters. The molecule has 0 aliphatic heterocycles. The van der Waals surface area contributed by atoms with Crippen LogP contribution in [-0.4, -0.2) is 22.7 Å². The fraction of sp³-hybridized carbons (Fsp3) is 0.467. The SMILES string of the molecule is CCNC(C)CCc1nc(CSc2ccccc2Br)no1. The van der Waals surface area contributed by atoms with Crippen molar-refractivity contribution < 1.29 is 4.52 Å². The van der Waals surface area contributed by atoms with Gasteiger partial charge in [-0.25, -0.2) is 0 Å². The van der Waals surface area contributed by atoms with Crippen LogP contribution < -0.4 is 5.32 Å². The Bertz CT molecular complexity index is 561. The lowest BCUT2D eigenvalue weighted by Gasteiger charge is -2.09. The van der Waals surface area contributed by atoms with Crippen LogP contribution in [-0.2, 0) is 12.2 Å². The molecule has 0 radical (unpaired) electrons. The lowest BCUT2D eigenvalue weighted by Crippen LogP contribution is -2.25. The van der Waals surface area contributed by atoms with Gasteiger partial charge >= 0.3 is 0 Å². The van der Waals surface area contributed by atoms with Crippen LogP contribution in [0.25, 0.3) is 0 Å². The summed E-state index contributed by atoms with van der Waals surface area (Å²) in [6.45, 7) is 5.27. The van der Waals surface area contributed by atoms with E-state index in [2.05, 4.69) is 51.3 Å². The summed E-state index contributed by atoms with van der Waals surface area (Å²) in [4.78, 5) is 5.63. The highest BCUT2D eigenvalue weighted by molar-refractivity contribution is 9.10. The van der Waals surface area contributed by atoms with E-state index in [1.165, 1.54) is 4.90 Å². The molecule has 0 bridgehead atoms. The molecule has 0 saturated heterocycles. The van der Waals surface area contributed by atoms with Gasteiger partial charge in [-0.05, 0) is 48.0 Å². The molecule has 2 rings (SSSR count). The van der Waals surface area contributed by atoms with Crippen molar-refractivity contribution in [2.24, 2.45) is 0 Å². The van der Waals surface area contributed by atoms with Gasteiger partial charge in [-0.3, -0.25) is 0 Å². The number of halogens is 1. The Morgan fingerprint density at radius 1 is 1.38 bits per heavy atom. The molecule has 6 heteroatoms. The number of nitrogens with zero attached hydrogens (tertiary/aromatic N) is 2. The largest absolute Gasteiger partial charge is 0.339 e. The minimum Gasteiger partial charge on any atom is -0.339 e. The van der Waals surface area contributed by atoms with Gasteiger partial charge in [0.15, 0.2) is 5.82 Å². The molecule has 1 N–H and O–H groups in total. The van der Waals surface area contributed by atoms with Crippen LogP contribution in [0.15, 0.2) is 38.2 Å². The predicted octanol–water partition coefficient (Wildman–Crippen LogP) is 4.06. The van der Waals surface area contributed by atoms with E-state index in [1.807, 2.05) is 18.2 Å². The van der Waals surface area contributed by atoms with Gasteiger partial charge in [0.05, 0.1) is 5.75 Å². The van der Waals surface area contributed by atoms with E-state index in [0.29, 0.717) is 6.04 Å². The van der Waals surface area contributed by atoms with E-state index in [0.717, 1.165) is 41.3 Å². The summed E-state index contributed by atoms with van der Waals surface area (Å²) in [6.07, 6.45) is 1.83. The molecule has 4 nitrogen and oxygen atoms in total. The van der Waals surface area contributed by atoms with Gasteiger partial charge < -0.3 is 9.84 Å². The number of benzene rings is 1. The van der Waals surface area contributed by atoms with Crippen molar-refractivity contribution in [3.63, 3.8) is 0 Å². The van der Waals surface area contributed by atoms with Gasteiger partial charge in [0.25, 0.3) is 0 Å². The average Bonchev–Trinajstić information content (AvgIpc) is 2.93. The van der Waals surface area contributed by atoms with Crippen molar-refractivity contribution in [1.29, 1.82) is 0 Å². The van der Waals surface area contributed by atoms with Crippen molar-refractivity contribution in [3.8, 4) is 0 Å². The minimum atomic E-state index is 0.472. The second-order valence-corrected chi connectivity index (χ2v) is 6.69. The average molecular weight is 370 g/mol. The van der Waals surface area contributed by atoms with E-state index in [-0.39, 0.29) is 0 Å². The van der Waals surface area contributed by atoms with Gasteiger partial charge in [-0.15, -0.1) is 11.8 Å². The number of aryl methyl sites for hydroxylation is 1. The zero-order valence-corrected chi connectivity index (χ0v) is 14.7. The highest BCUT2D eigenvalue weighted by atomic mass is 79.9. The van der Waals surface area contributed by atoms with Gasteiger partial charge in [-0.2, -0.15) is 4.98 Å². The second-order valence-electron chi connectivity index (χ2n) is 4.82. The van der Waals surface area contributed by atoms with E-state index in [9.17, 15) is 0 Å². The van der Waals surface area contributed by atoms with Crippen molar-refractivity contribution >= 4 is 27.7 Å². The summed E-state index contributed by atoms with van der Waals surface area (Å²) in [5.41, 5.74) is 0. The number of hydrogen-bond acceptors (Lipinski definition) is 5. The zero-order valence-electron chi connectivity index (χ0n) is 12.3. The van der Waals surface area contributed by atoms with Crippen LogP contribution in [0.3, 0.4) is 0 Å². The quantitative estimate of drug-likeness (QED) is 0.711. The lowest BCUT2D eigenvalue weighted by atomic mass is 10.2. The standard InChI is InChI=1S/C15H20BrN3OS/c1-3-17-11(2)8-9-15-18-14(19-20-15)10-21-13-7-5-4-6-12(13)16/h4-7,11,17H,3,8-10H2,1-2H3. The first-order valence-corrected chi connectivity index (χ1v) is 8.89. The molecule has 0 spiro atoms. The maximum Gasteiger partial charge on any atom is 0.226 e. The van der Waals surface area contributed by atoms with Crippen molar-refractivity contribution in [2.45, 2.75) is 43.4 Å². The smallest absolute Gasteiger partial charge is 0.226 e. The van der Waals surface area contributed by atoms with Crippen molar-refractivity contribution in [2.75, 3.05) is 6.54 Å². The summed E-state index contributed by atoms with van der Waals surface area (Å²) in [5.74, 6) is 2.19. The summed E-state index contributed by atoms with van der Waals surface area (Å²) in [6, 6.07) is 8.61. The summed E-state index contributed by atoms with van der Waals surface area (Å²) >= 11 is 5.24. The maximum atomic E-state index is 5.30. The Morgan fingerprint density at radius 3 is 2.95 bits per heavy atom. The number of thioether (sulfide) groups is 1. The normalized spacial score (nSPS) is 12.5. The van der Waals surface area contributed by atoms with Crippen LogP contribution in [0.5, 0.6) is 0 Å². The third-order valence-corrected chi connectivity index (χ3v) is 5.07. The summed E-state index contributed by atoms with van der Waals surface area (Å²) in [7, 11) is 0. The summed E-state index contributed by atoms with van der Waals surface area (Å²) < 4.78 is 6.39. The summed E-state index contributed by atoms with van der Waals surface area (Å²) in [5, 5.41) is 7.42. The molecule has 1 heterocycles. The van der Waals surface area contributed by atoms with Gasteiger partial charge in [-0.1, -0.05) is 24.2 Å². The number of nitrogens with one attached hydrogen (secondary N) is 1. The van der Waals surface area contributed by atoms with E-state index < -0.39 is 0 Å². The fourth-order valence-electron chi connectivity index (χ4n) is 1.94. The molecule has 0 saturated carbocycles. The highest BCUT2D eigenvalue weighted by Gasteiger charge is 2.09. The molecule has 1 aromatic carbocycles. The molecule has 0 aliphatic carbocycles. The third-order valence-electron chi connectivity index (χ3n) is 3.05. The van der Waals surface area contributed by atoms with E-state index in [1.54, 1.807) is 11.8 Å². The molecule has 0 aliphatic rings. The third kappa shape index (κ3) is 5.45. The van der Waals surface area contributed by atoms with Crippen molar-refractivity contribution in [3.05, 3.63) is 40.5 Å². The first-order valence-electron chi connectivity index (χ1n) is 7.11. The molecule has 1 unspecified atom stereocenters. The Kier molecular flexibility index (Phi) is 6.73. The molecule has 114 valence electrons. The first-order chi connectivity index (χ1) is 10.2. The second kappa shape index (κ2) is 8.56. The number of aromatic nitrogens is 2. The lowest BCUT2D eigenvalue weighted by molar-refractivity contribution is 0.364. The fourth-order valence-corrected chi connectivity index (χ4v) is 3.36. The Balaban J connectivity index is 1.82. The Labute approximate surface area is 138 Å². The Morgan fingerprint density at radius 2 is 2.19 bits per heavy atom. The van der Waals surface area contributed by atoms with Crippen LogP contribution in [0.4, 0.5) is 0 Å². The predicted molar refractivity (Wildman–Crippen MR) is 89.5 cm³/mol. The first kappa shape index (κ1) is 16.5. The van der Waals surface area contributed by atoms with Crippen molar-refractivity contribution in [1.82, 2.24) is 15.5 Å². The topological polar surface area (TPSA) is 51.0 Å². The van der Waals surface area contributed by atoms with Crippen LogP contribution >= 0.6 is 27.7 Å². The zero-order chi connectivity index (χ0) is 15.1. The number of rotatable bonds is 8. The molecule has 0 fully saturated rings. The maximum absolute atomic E-state index is 5.30. The Hall–Kier alpha value is -0.850. The molecular formula is C15H20BrN3OS. The monoisotopic (exact) mass is 369 g/mol. The molecule has 1 aromatic heterocycles. The molecule has 2 aromatic rings. The van der Waals surface area contributed by atoms with E-state index >= 15 is 0 Å². The number of hydrogen-bond donors (Lipinski definition) is 1. The molecule has 0 amide bonds. The molecule has 21 heavy (non-hydrogen) atoms. The van der Waals surface area contributed by atoms with Crippen LogP contribution in [0.2, 0.25) is 0 Å². The minimum absolute atomic E-state index is 0.472. The van der Waals surface area contributed by atoms with Gasteiger partial charge in [0.2, 0.25) is 5.89 Å².